The molecule has 5 aromatic carbocycles. The van der Waals surface area contributed by atoms with Crippen LogP contribution in [0.1, 0.15) is 91.2 Å². The molecule has 0 fully saturated rings. The van der Waals surface area contributed by atoms with Gasteiger partial charge in [-0.2, -0.15) is 6.07 Å². The molecule has 0 unspecified atom stereocenters. The number of anilines is 3. The first-order valence-corrected chi connectivity index (χ1v) is 18.2. The second-order valence-corrected chi connectivity index (χ2v) is 15.8. The van der Waals surface area contributed by atoms with Crippen molar-refractivity contribution in [3.05, 3.63) is 178 Å². The standard InChI is InChI=1S/C47H42N4O.Pt/c1-30-24-33(45-49-43(31-14-8-7-9-15-31)44-37-17-11-10-16-32(37)29-50(44)45)26-36(25-30)52-35-20-21-39-41(28-35)51(40-19-13-12-18-38(40)47(39,5)6)42-27-34(22-23-48-42)46(2,3)4;/h7-25,27,43-44H,29H2,1-6H3;/q-2;+2/t43-,44+;/m1./s1. The molecule has 4 heterocycles. The molecule has 2 atom stereocenters. The molecule has 53 heavy (non-hydrogen) atoms. The van der Waals surface area contributed by atoms with Crippen molar-refractivity contribution in [3.8, 4) is 11.5 Å². The zero-order valence-corrected chi connectivity index (χ0v) is 33.2. The molecule has 6 aromatic rings. The first kappa shape index (κ1) is 35.1. The van der Waals surface area contributed by atoms with Crippen LogP contribution in [-0.2, 0) is 38.4 Å². The molecule has 0 N–H and O–H groups in total. The largest absolute Gasteiger partial charge is 2.00 e. The van der Waals surface area contributed by atoms with E-state index in [2.05, 4.69) is 167 Å². The number of aliphatic imine (C=N–C) groups is 1. The van der Waals surface area contributed by atoms with Crippen LogP contribution in [0, 0.1) is 19.1 Å². The quantitative estimate of drug-likeness (QED) is 0.162. The predicted octanol–water partition coefficient (Wildman–Crippen LogP) is 11.2. The monoisotopic (exact) mass is 873 g/mol. The summed E-state index contributed by atoms with van der Waals surface area (Å²) in [6, 6.07) is 48.3. The number of hydrogen-bond donors (Lipinski definition) is 0. The van der Waals surface area contributed by atoms with E-state index in [1.54, 1.807) is 0 Å². The number of aromatic nitrogens is 1. The molecule has 1 aromatic heterocycles. The Balaban J connectivity index is 0.00000400. The minimum atomic E-state index is -0.249. The molecular weight excluding hydrogens is 832 g/mol. The number of para-hydroxylation sites is 1. The van der Waals surface area contributed by atoms with Crippen LogP contribution in [0.15, 0.2) is 126 Å². The number of aryl methyl sites for hydroxylation is 1. The van der Waals surface area contributed by atoms with Gasteiger partial charge in [-0.3, -0.25) is 0 Å². The van der Waals surface area contributed by atoms with Gasteiger partial charge in [-0.05, 0) is 56.8 Å². The molecule has 266 valence electrons. The Hall–Kier alpha value is -4.99. The van der Waals surface area contributed by atoms with E-state index in [4.69, 9.17) is 14.7 Å². The molecule has 6 heteroatoms. The van der Waals surface area contributed by atoms with E-state index in [0.29, 0.717) is 11.5 Å². The molecule has 0 saturated heterocycles. The number of nitrogens with zero attached hydrogens (tertiary/aromatic N) is 4. The number of pyridine rings is 1. The van der Waals surface area contributed by atoms with Crippen LogP contribution in [0.3, 0.4) is 0 Å². The number of benzene rings is 5. The Bertz CT molecular complexity index is 2380. The van der Waals surface area contributed by atoms with Crippen LogP contribution < -0.4 is 9.64 Å². The van der Waals surface area contributed by atoms with E-state index >= 15 is 0 Å². The number of hydrogen-bond acceptors (Lipinski definition) is 5. The van der Waals surface area contributed by atoms with Gasteiger partial charge in [-0.1, -0.05) is 132 Å². The molecule has 3 aliphatic rings. The van der Waals surface area contributed by atoms with Crippen LogP contribution in [0.5, 0.6) is 11.5 Å². The topological polar surface area (TPSA) is 41.0 Å². The maximum Gasteiger partial charge on any atom is 2.00 e. The predicted molar refractivity (Wildman–Crippen MR) is 209 cm³/mol. The SMILES string of the molecule is Cc1cc(Oc2[c-]c3c(cc2)C(C)(C)c2ccccc2N3c2cc(C(C)(C)C)ccn2)[c-]c(C2=N[C@H](c3ccccc3)[C@@H]3c4ccccc4CN23)c1.[Pt+2]. The van der Waals surface area contributed by atoms with Crippen LogP contribution in [0.25, 0.3) is 0 Å². The van der Waals surface area contributed by atoms with Gasteiger partial charge >= 0.3 is 21.1 Å². The van der Waals surface area contributed by atoms with Gasteiger partial charge in [0.1, 0.15) is 5.82 Å². The Morgan fingerprint density at radius 1 is 0.792 bits per heavy atom. The normalized spacial score (nSPS) is 18.0. The van der Waals surface area contributed by atoms with E-state index in [9.17, 15) is 0 Å². The van der Waals surface area contributed by atoms with Gasteiger partial charge in [0.2, 0.25) is 0 Å². The third-order valence-corrected chi connectivity index (χ3v) is 10.9. The van der Waals surface area contributed by atoms with Gasteiger partial charge in [0, 0.05) is 35.8 Å². The summed E-state index contributed by atoms with van der Waals surface area (Å²) in [6.07, 6.45) is 1.92. The van der Waals surface area contributed by atoms with E-state index in [-0.39, 0.29) is 44.0 Å². The summed E-state index contributed by atoms with van der Waals surface area (Å²) in [7, 11) is 0. The van der Waals surface area contributed by atoms with Crippen molar-refractivity contribution in [3.63, 3.8) is 0 Å². The maximum absolute atomic E-state index is 6.70. The van der Waals surface area contributed by atoms with E-state index in [0.717, 1.165) is 40.7 Å². The molecule has 0 saturated carbocycles. The zero-order chi connectivity index (χ0) is 35.8. The van der Waals surface area contributed by atoms with Crippen molar-refractivity contribution in [2.24, 2.45) is 4.99 Å². The molecule has 0 aliphatic carbocycles. The number of amidine groups is 1. The van der Waals surface area contributed by atoms with Crippen LogP contribution in [0.4, 0.5) is 17.2 Å². The van der Waals surface area contributed by atoms with Gasteiger partial charge in [-0.15, -0.1) is 34.9 Å². The van der Waals surface area contributed by atoms with Gasteiger partial charge in [0.15, 0.2) is 0 Å². The summed E-state index contributed by atoms with van der Waals surface area (Å²) < 4.78 is 6.70. The van der Waals surface area contributed by atoms with Gasteiger partial charge in [-0.25, -0.2) is 4.98 Å². The molecule has 3 aliphatic heterocycles. The van der Waals surface area contributed by atoms with E-state index in [1.165, 1.54) is 33.4 Å². The number of ether oxygens (including phenoxy) is 1. The summed E-state index contributed by atoms with van der Waals surface area (Å²) in [5, 5.41) is 0. The summed E-state index contributed by atoms with van der Waals surface area (Å²) in [4.78, 5) is 15.0. The fourth-order valence-electron chi connectivity index (χ4n) is 8.26. The van der Waals surface area contributed by atoms with Gasteiger partial charge in [0.25, 0.3) is 0 Å². The van der Waals surface area contributed by atoms with Crippen LogP contribution >= 0.6 is 0 Å². The van der Waals surface area contributed by atoms with Crippen molar-refractivity contribution in [1.82, 2.24) is 9.88 Å². The summed E-state index contributed by atoms with van der Waals surface area (Å²) in [5.41, 5.74) is 11.3. The summed E-state index contributed by atoms with van der Waals surface area (Å²) in [5.74, 6) is 3.08. The summed E-state index contributed by atoms with van der Waals surface area (Å²) >= 11 is 0. The average molecular weight is 874 g/mol. The van der Waals surface area contributed by atoms with Crippen LogP contribution in [-0.4, -0.2) is 15.7 Å². The molecular formula is C47H42N4OPt. The average Bonchev–Trinajstić information content (AvgIpc) is 3.69. The van der Waals surface area contributed by atoms with E-state index < -0.39 is 0 Å². The minimum Gasteiger partial charge on any atom is -0.503 e. The van der Waals surface area contributed by atoms with Crippen molar-refractivity contribution in [2.75, 3.05) is 4.90 Å². The Morgan fingerprint density at radius 3 is 2.36 bits per heavy atom. The fraction of sp³-hybridized carbons (Fsp3) is 0.234. The Morgan fingerprint density at radius 2 is 1.55 bits per heavy atom. The Kier molecular flexibility index (Phi) is 8.69. The molecule has 0 radical (unpaired) electrons. The van der Waals surface area contributed by atoms with Crippen molar-refractivity contribution in [1.29, 1.82) is 0 Å². The smallest absolute Gasteiger partial charge is 0.503 e. The number of rotatable bonds is 5. The first-order valence-electron chi connectivity index (χ1n) is 18.2. The maximum atomic E-state index is 6.70. The minimum absolute atomic E-state index is 0. The van der Waals surface area contributed by atoms with E-state index in [1.807, 2.05) is 18.3 Å². The molecule has 0 bridgehead atoms. The van der Waals surface area contributed by atoms with Crippen molar-refractivity contribution < 1.29 is 25.8 Å². The molecule has 9 rings (SSSR count). The van der Waals surface area contributed by atoms with Crippen molar-refractivity contribution in [2.45, 2.75) is 71.0 Å². The van der Waals surface area contributed by atoms with Crippen molar-refractivity contribution >= 4 is 23.0 Å². The zero-order valence-electron chi connectivity index (χ0n) is 30.9. The second kappa shape index (κ2) is 13.1. The summed E-state index contributed by atoms with van der Waals surface area (Å²) in [6.45, 7) is 14.2. The Labute approximate surface area is 327 Å². The third kappa shape index (κ3) is 6.00. The second-order valence-electron chi connectivity index (χ2n) is 15.8. The first-order chi connectivity index (χ1) is 25.1. The number of fused-ring (bicyclic) bond motifs is 5. The van der Waals surface area contributed by atoms with Crippen LogP contribution in [0.2, 0.25) is 0 Å². The molecule has 0 spiro atoms. The van der Waals surface area contributed by atoms with Gasteiger partial charge in [0.05, 0.1) is 12.1 Å². The molecule has 5 nitrogen and oxygen atoms in total. The fourth-order valence-corrected chi connectivity index (χ4v) is 8.26. The van der Waals surface area contributed by atoms with Gasteiger partial charge < -0.3 is 19.5 Å². The molecule has 0 amide bonds. The third-order valence-electron chi connectivity index (χ3n) is 10.9.